The molecule has 1 aliphatic heterocycles. The predicted molar refractivity (Wildman–Crippen MR) is 119 cm³/mol. The Balaban J connectivity index is 1.94. The van der Waals surface area contributed by atoms with Crippen LogP contribution in [0.25, 0.3) is 0 Å². The SMILES string of the molecule is CC1(C)CC(=O)C2=C(C1)N(c1cc([N+](=O)[O-])ccc1Cl)C(=O)CC2c1cccc(Cl)c1. The van der Waals surface area contributed by atoms with Crippen LogP contribution in [-0.4, -0.2) is 16.6 Å². The van der Waals surface area contributed by atoms with Gasteiger partial charge in [0.05, 0.1) is 15.6 Å². The van der Waals surface area contributed by atoms with Gasteiger partial charge >= 0.3 is 0 Å². The highest BCUT2D eigenvalue weighted by Gasteiger charge is 2.45. The predicted octanol–water partition coefficient (Wildman–Crippen LogP) is 6.07. The molecule has 0 bridgehead atoms. The topological polar surface area (TPSA) is 80.5 Å². The monoisotopic (exact) mass is 458 g/mol. The number of nitro groups is 1. The Hall–Kier alpha value is -2.70. The molecular formula is C23H20Cl2N2O4. The van der Waals surface area contributed by atoms with E-state index in [0.717, 1.165) is 5.56 Å². The van der Waals surface area contributed by atoms with E-state index >= 15 is 0 Å². The van der Waals surface area contributed by atoms with Gasteiger partial charge in [-0.05, 0) is 35.6 Å². The molecule has 2 aromatic rings. The minimum absolute atomic E-state index is 0.0321. The van der Waals surface area contributed by atoms with Crippen molar-refractivity contribution >= 4 is 46.3 Å². The first-order chi connectivity index (χ1) is 14.6. The number of carbonyl (C=O) groups is 2. The molecule has 0 radical (unpaired) electrons. The van der Waals surface area contributed by atoms with Gasteiger partial charge in [0.25, 0.3) is 5.69 Å². The van der Waals surface area contributed by atoms with Gasteiger partial charge in [0.1, 0.15) is 0 Å². The second-order valence-electron chi connectivity index (χ2n) is 8.74. The summed E-state index contributed by atoms with van der Waals surface area (Å²) in [6.45, 7) is 3.94. The number of allylic oxidation sites excluding steroid dienone is 2. The lowest BCUT2D eigenvalue weighted by molar-refractivity contribution is -0.384. The van der Waals surface area contributed by atoms with Crippen molar-refractivity contribution in [2.45, 2.75) is 39.0 Å². The molecule has 8 heteroatoms. The van der Waals surface area contributed by atoms with E-state index in [4.69, 9.17) is 23.2 Å². The number of anilines is 1. The van der Waals surface area contributed by atoms with Gasteiger partial charge in [0, 0.05) is 47.2 Å². The summed E-state index contributed by atoms with van der Waals surface area (Å²) in [5, 5.41) is 12.1. The molecule has 0 spiro atoms. The molecule has 31 heavy (non-hydrogen) atoms. The Morgan fingerprint density at radius 1 is 1.10 bits per heavy atom. The molecule has 1 unspecified atom stereocenters. The molecule has 1 heterocycles. The maximum atomic E-state index is 13.4. The number of rotatable bonds is 3. The second kappa shape index (κ2) is 7.77. The van der Waals surface area contributed by atoms with E-state index in [0.29, 0.717) is 29.1 Å². The Kier molecular flexibility index (Phi) is 5.40. The Morgan fingerprint density at radius 3 is 2.52 bits per heavy atom. The van der Waals surface area contributed by atoms with Crippen LogP contribution in [0.5, 0.6) is 0 Å². The first kappa shape index (κ1) is 21.5. The smallest absolute Gasteiger partial charge is 0.271 e. The van der Waals surface area contributed by atoms with E-state index in [9.17, 15) is 19.7 Å². The van der Waals surface area contributed by atoms with Gasteiger partial charge in [0.15, 0.2) is 5.78 Å². The van der Waals surface area contributed by atoms with Crippen molar-refractivity contribution in [3.63, 3.8) is 0 Å². The number of halogens is 2. The third-order valence-corrected chi connectivity index (χ3v) is 6.33. The number of ketones is 1. The van der Waals surface area contributed by atoms with Gasteiger partial charge in [-0.15, -0.1) is 0 Å². The first-order valence-corrected chi connectivity index (χ1v) is 10.6. The van der Waals surface area contributed by atoms with Gasteiger partial charge in [-0.3, -0.25) is 24.6 Å². The van der Waals surface area contributed by atoms with Crippen LogP contribution in [-0.2, 0) is 9.59 Å². The summed E-state index contributed by atoms with van der Waals surface area (Å²) in [4.78, 5) is 38.9. The van der Waals surface area contributed by atoms with Gasteiger partial charge in [-0.25, -0.2) is 0 Å². The van der Waals surface area contributed by atoms with E-state index in [1.54, 1.807) is 18.2 Å². The number of carbonyl (C=O) groups excluding carboxylic acids is 2. The quantitative estimate of drug-likeness (QED) is 0.413. The molecule has 2 aromatic carbocycles. The number of nitro benzene ring substituents is 1. The zero-order valence-electron chi connectivity index (χ0n) is 17.0. The molecule has 160 valence electrons. The van der Waals surface area contributed by atoms with Crippen molar-refractivity contribution < 1.29 is 14.5 Å². The van der Waals surface area contributed by atoms with E-state index in [1.807, 2.05) is 19.9 Å². The number of nitrogens with zero attached hydrogens (tertiary/aromatic N) is 2. The van der Waals surface area contributed by atoms with Crippen molar-refractivity contribution in [2.75, 3.05) is 4.90 Å². The normalized spacial score (nSPS) is 20.6. The molecule has 1 amide bonds. The zero-order chi connectivity index (χ0) is 22.5. The maximum Gasteiger partial charge on any atom is 0.271 e. The Labute approximate surface area is 189 Å². The van der Waals surface area contributed by atoms with Crippen LogP contribution in [0.4, 0.5) is 11.4 Å². The summed E-state index contributed by atoms with van der Waals surface area (Å²) in [5.74, 6) is -0.717. The highest BCUT2D eigenvalue weighted by Crippen LogP contribution is 2.49. The fourth-order valence-electron chi connectivity index (χ4n) is 4.49. The summed E-state index contributed by atoms with van der Waals surface area (Å²) in [7, 11) is 0. The minimum Gasteiger partial charge on any atom is -0.294 e. The van der Waals surface area contributed by atoms with Gasteiger partial charge in [0.2, 0.25) is 5.91 Å². The van der Waals surface area contributed by atoms with Crippen LogP contribution in [0, 0.1) is 15.5 Å². The number of benzene rings is 2. The standard InChI is InChI=1S/C23H20Cl2N2O4/c1-23(2)11-19-22(20(28)12-23)16(13-4-3-5-14(24)8-13)10-21(29)26(19)18-9-15(27(30)31)6-7-17(18)25/h3-9,16H,10-12H2,1-2H3. The largest absolute Gasteiger partial charge is 0.294 e. The van der Waals surface area contributed by atoms with Crippen LogP contribution in [0.1, 0.15) is 44.6 Å². The number of non-ortho nitro benzene ring substituents is 1. The molecule has 1 aliphatic carbocycles. The molecule has 0 fully saturated rings. The van der Waals surface area contributed by atoms with Gasteiger partial charge in [-0.2, -0.15) is 0 Å². The van der Waals surface area contributed by atoms with E-state index in [2.05, 4.69) is 0 Å². The number of Topliss-reactive ketones (excluding diaryl/α,β-unsaturated/α-hetero) is 1. The van der Waals surface area contributed by atoms with Gasteiger partial charge in [-0.1, -0.05) is 49.2 Å². The van der Waals surface area contributed by atoms with Crippen LogP contribution in [0.2, 0.25) is 10.0 Å². The van der Waals surface area contributed by atoms with Crippen LogP contribution in [0.3, 0.4) is 0 Å². The lowest BCUT2D eigenvalue weighted by atomic mass is 9.69. The first-order valence-electron chi connectivity index (χ1n) is 9.86. The fraction of sp³-hybridized carbons (Fsp3) is 0.304. The molecule has 0 aromatic heterocycles. The molecule has 2 aliphatic rings. The molecule has 4 rings (SSSR count). The minimum atomic E-state index is -0.533. The maximum absolute atomic E-state index is 13.4. The van der Waals surface area contributed by atoms with Crippen molar-refractivity contribution in [2.24, 2.45) is 5.41 Å². The summed E-state index contributed by atoms with van der Waals surface area (Å²) in [5.41, 5.74) is 1.61. The second-order valence-corrected chi connectivity index (χ2v) is 9.58. The Morgan fingerprint density at radius 2 is 1.84 bits per heavy atom. The van der Waals surface area contributed by atoms with Crippen LogP contribution in [0.15, 0.2) is 53.7 Å². The summed E-state index contributed by atoms with van der Waals surface area (Å²) in [6.07, 6.45) is 0.869. The summed E-state index contributed by atoms with van der Waals surface area (Å²) >= 11 is 12.5. The van der Waals surface area contributed by atoms with Crippen LogP contribution >= 0.6 is 23.2 Å². The van der Waals surface area contributed by atoms with Crippen molar-refractivity contribution in [3.8, 4) is 0 Å². The number of hydrogen-bond acceptors (Lipinski definition) is 4. The summed E-state index contributed by atoms with van der Waals surface area (Å²) in [6, 6.07) is 11.2. The molecule has 1 atom stereocenters. The Bertz CT molecular complexity index is 1160. The lowest BCUT2D eigenvalue weighted by Gasteiger charge is -2.43. The highest BCUT2D eigenvalue weighted by atomic mass is 35.5. The average Bonchev–Trinajstić information content (AvgIpc) is 2.67. The number of amides is 1. The molecule has 0 saturated heterocycles. The van der Waals surface area contributed by atoms with E-state index in [-0.39, 0.29) is 39.9 Å². The van der Waals surface area contributed by atoms with E-state index < -0.39 is 10.8 Å². The molecule has 6 nitrogen and oxygen atoms in total. The van der Waals surface area contributed by atoms with Crippen molar-refractivity contribution in [1.82, 2.24) is 0 Å². The molecule has 0 saturated carbocycles. The third kappa shape index (κ3) is 3.98. The molecule has 0 N–H and O–H groups in total. The van der Waals surface area contributed by atoms with Gasteiger partial charge < -0.3 is 0 Å². The highest BCUT2D eigenvalue weighted by molar-refractivity contribution is 6.34. The molecular weight excluding hydrogens is 439 g/mol. The van der Waals surface area contributed by atoms with Crippen molar-refractivity contribution in [3.05, 3.63) is 79.5 Å². The zero-order valence-corrected chi connectivity index (χ0v) is 18.5. The fourth-order valence-corrected chi connectivity index (χ4v) is 4.89. The van der Waals surface area contributed by atoms with Crippen molar-refractivity contribution in [1.29, 1.82) is 0 Å². The number of hydrogen-bond donors (Lipinski definition) is 0. The third-order valence-electron chi connectivity index (χ3n) is 5.78. The lowest BCUT2D eigenvalue weighted by Crippen LogP contribution is -2.43. The summed E-state index contributed by atoms with van der Waals surface area (Å²) < 4.78 is 0. The van der Waals surface area contributed by atoms with Crippen LogP contribution < -0.4 is 4.90 Å². The van der Waals surface area contributed by atoms with E-state index in [1.165, 1.54) is 23.1 Å². The average molecular weight is 459 g/mol.